The Kier molecular flexibility index (Phi) is 6.63. The Bertz CT molecular complexity index is 900. The Balaban J connectivity index is 2.11. The number of ether oxygens (including phenoxy) is 1. The molecule has 6 nitrogen and oxygen atoms in total. The number of carbonyl (C=O) groups excluding carboxylic acids is 1. The highest BCUT2D eigenvalue weighted by atomic mass is 35.5. The highest BCUT2D eigenvalue weighted by Crippen LogP contribution is 2.27. The third-order valence-corrected chi connectivity index (χ3v) is 5.48. The molecule has 0 heterocycles. The normalized spacial score (nSPS) is 12.5. The van der Waals surface area contributed by atoms with Crippen molar-refractivity contribution in [1.29, 1.82) is 0 Å². The molecule has 8 heteroatoms. The van der Waals surface area contributed by atoms with E-state index in [1.807, 2.05) is 19.1 Å². The highest BCUT2D eigenvalue weighted by Gasteiger charge is 2.23. The summed E-state index contributed by atoms with van der Waals surface area (Å²) in [5, 5.41) is 2.90. The third kappa shape index (κ3) is 4.97. The number of sulfonamides is 1. The van der Waals surface area contributed by atoms with Crippen molar-refractivity contribution in [3.63, 3.8) is 0 Å². The maximum atomic E-state index is 12.5. The van der Waals surface area contributed by atoms with Crippen molar-refractivity contribution in [3.8, 4) is 5.75 Å². The lowest BCUT2D eigenvalue weighted by Crippen LogP contribution is -2.41. The zero-order chi connectivity index (χ0) is 19.3. The molecule has 0 radical (unpaired) electrons. The second kappa shape index (κ2) is 8.53. The van der Waals surface area contributed by atoms with Gasteiger partial charge in [0.05, 0.1) is 22.6 Å². The van der Waals surface area contributed by atoms with Gasteiger partial charge >= 0.3 is 0 Å². The van der Waals surface area contributed by atoms with Crippen LogP contribution in [0.5, 0.6) is 5.75 Å². The molecule has 0 aliphatic carbocycles. The Hall–Kier alpha value is -2.09. The number of halogens is 1. The number of hydrogen-bond donors (Lipinski definition) is 2. The minimum atomic E-state index is -3.91. The summed E-state index contributed by atoms with van der Waals surface area (Å²) in [6.07, 6.45) is 0. The molecule has 2 aromatic rings. The van der Waals surface area contributed by atoms with Gasteiger partial charge in [-0.1, -0.05) is 29.8 Å². The first kappa shape index (κ1) is 20.2. The zero-order valence-electron chi connectivity index (χ0n) is 14.7. The van der Waals surface area contributed by atoms with E-state index in [1.54, 1.807) is 19.1 Å². The fraction of sp³-hybridized carbons (Fsp3) is 0.278. The highest BCUT2D eigenvalue weighted by molar-refractivity contribution is 7.89. The molecule has 140 valence electrons. The number of rotatable bonds is 7. The lowest BCUT2D eigenvalue weighted by atomic mass is 10.2. The first-order chi connectivity index (χ1) is 12.2. The van der Waals surface area contributed by atoms with Crippen LogP contribution in [0.1, 0.15) is 19.4 Å². The quantitative estimate of drug-likeness (QED) is 0.751. The van der Waals surface area contributed by atoms with Gasteiger partial charge in [-0.15, -0.1) is 0 Å². The smallest absolute Gasteiger partial charge is 0.242 e. The summed E-state index contributed by atoms with van der Waals surface area (Å²) in [7, 11) is -3.91. The predicted octanol–water partition coefficient (Wildman–Crippen LogP) is 3.35. The van der Waals surface area contributed by atoms with Gasteiger partial charge in [-0.05, 0) is 50.6 Å². The van der Waals surface area contributed by atoms with E-state index in [0.717, 1.165) is 5.56 Å². The SMILES string of the molecule is CCOc1ccc(S(=O)(=O)N[C@@H](C)C(=O)Nc2ccccc2C)cc1Cl. The second-order valence-corrected chi connectivity index (χ2v) is 7.79. The Labute approximate surface area is 158 Å². The number of amides is 1. The van der Waals surface area contributed by atoms with Crippen molar-refractivity contribution < 1.29 is 17.9 Å². The van der Waals surface area contributed by atoms with E-state index in [2.05, 4.69) is 10.0 Å². The average Bonchev–Trinajstić information content (AvgIpc) is 2.58. The van der Waals surface area contributed by atoms with Crippen molar-refractivity contribution in [2.75, 3.05) is 11.9 Å². The largest absolute Gasteiger partial charge is 0.492 e. The lowest BCUT2D eigenvalue weighted by molar-refractivity contribution is -0.117. The molecule has 2 N–H and O–H groups in total. The molecule has 0 aliphatic rings. The number of carbonyl (C=O) groups is 1. The van der Waals surface area contributed by atoms with E-state index in [9.17, 15) is 13.2 Å². The number of benzene rings is 2. The summed E-state index contributed by atoms with van der Waals surface area (Å²) in [4.78, 5) is 12.3. The fourth-order valence-electron chi connectivity index (χ4n) is 2.23. The molecule has 1 atom stereocenters. The molecule has 0 saturated heterocycles. The second-order valence-electron chi connectivity index (χ2n) is 5.67. The first-order valence-electron chi connectivity index (χ1n) is 8.05. The van der Waals surface area contributed by atoms with Gasteiger partial charge in [-0.2, -0.15) is 4.72 Å². The van der Waals surface area contributed by atoms with E-state index in [-0.39, 0.29) is 9.92 Å². The molecule has 2 rings (SSSR count). The minimum absolute atomic E-state index is 0.0403. The number of anilines is 1. The number of hydrogen-bond acceptors (Lipinski definition) is 4. The number of para-hydroxylation sites is 1. The maximum absolute atomic E-state index is 12.5. The van der Waals surface area contributed by atoms with E-state index >= 15 is 0 Å². The van der Waals surface area contributed by atoms with E-state index in [4.69, 9.17) is 16.3 Å². The predicted molar refractivity (Wildman–Crippen MR) is 102 cm³/mol. The van der Waals surface area contributed by atoms with Crippen molar-refractivity contribution in [2.24, 2.45) is 0 Å². The molecular weight excluding hydrogens is 376 g/mol. The van der Waals surface area contributed by atoms with Gasteiger partial charge < -0.3 is 10.1 Å². The molecule has 0 bridgehead atoms. The molecule has 0 saturated carbocycles. The standard InChI is InChI=1S/C18H21ClN2O4S/c1-4-25-17-10-9-14(11-15(17)19)26(23,24)21-13(3)18(22)20-16-8-6-5-7-12(16)2/h5-11,13,21H,4H2,1-3H3,(H,20,22)/t13-/m0/s1. The van der Waals surface area contributed by atoms with E-state index in [0.29, 0.717) is 18.0 Å². The van der Waals surface area contributed by atoms with Crippen LogP contribution in [-0.2, 0) is 14.8 Å². The van der Waals surface area contributed by atoms with E-state index in [1.165, 1.54) is 25.1 Å². The maximum Gasteiger partial charge on any atom is 0.242 e. The van der Waals surface area contributed by atoms with Crippen molar-refractivity contribution >= 4 is 33.2 Å². The molecule has 26 heavy (non-hydrogen) atoms. The van der Waals surface area contributed by atoms with Crippen LogP contribution in [0.4, 0.5) is 5.69 Å². The van der Waals surface area contributed by atoms with Crippen LogP contribution in [-0.4, -0.2) is 27.0 Å². The Morgan fingerprint density at radius 2 is 1.92 bits per heavy atom. The van der Waals surface area contributed by atoms with Crippen LogP contribution >= 0.6 is 11.6 Å². The minimum Gasteiger partial charge on any atom is -0.492 e. The summed E-state index contributed by atoms with van der Waals surface area (Å²) >= 11 is 6.04. The molecule has 0 aliphatic heterocycles. The molecule has 0 aromatic heterocycles. The molecule has 0 spiro atoms. The van der Waals surface area contributed by atoms with Crippen molar-refractivity contribution in [2.45, 2.75) is 31.7 Å². The van der Waals surface area contributed by atoms with Crippen LogP contribution in [0, 0.1) is 6.92 Å². The van der Waals surface area contributed by atoms with Gasteiger partial charge in [-0.3, -0.25) is 4.79 Å². The third-order valence-electron chi connectivity index (χ3n) is 3.64. The Morgan fingerprint density at radius 3 is 2.54 bits per heavy atom. The summed E-state index contributed by atoms with van der Waals surface area (Å²) in [5.74, 6) is -0.0571. The van der Waals surface area contributed by atoms with Gasteiger partial charge in [0, 0.05) is 5.69 Å². The van der Waals surface area contributed by atoms with Gasteiger partial charge in [0.2, 0.25) is 15.9 Å². The van der Waals surface area contributed by atoms with E-state index < -0.39 is 22.0 Å². The first-order valence-corrected chi connectivity index (χ1v) is 9.92. The van der Waals surface area contributed by atoms with Crippen molar-refractivity contribution in [3.05, 3.63) is 53.1 Å². The summed E-state index contributed by atoms with van der Waals surface area (Å²) in [6.45, 7) is 5.55. The van der Waals surface area contributed by atoms with Crippen LogP contribution in [0.2, 0.25) is 5.02 Å². The average molecular weight is 397 g/mol. The van der Waals surface area contributed by atoms with Crippen LogP contribution in [0.15, 0.2) is 47.4 Å². The van der Waals surface area contributed by atoms with Crippen LogP contribution < -0.4 is 14.8 Å². The van der Waals surface area contributed by atoms with Crippen LogP contribution in [0.3, 0.4) is 0 Å². The summed E-state index contributed by atoms with van der Waals surface area (Å²) < 4.78 is 32.6. The summed E-state index contributed by atoms with van der Waals surface area (Å²) in [6, 6.07) is 10.4. The number of aryl methyl sites for hydroxylation is 1. The Morgan fingerprint density at radius 1 is 1.23 bits per heavy atom. The van der Waals surface area contributed by atoms with Crippen LogP contribution in [0.25, 0.3) is 0 Å². The molecule has 0 unspecified atom stereocenters. The van der Waals surface area contributed by atoms with Gasteiger partial charge in [0.25, 0.3) is 0 Å². The van der Waals surface area contributed by atoms with Gasteiger partial charge in [0.15, 0.2) is 0 Å². The monoisotopic (exact) mass is 396 g/mol. The molecule has 0 fully saturated rings. The van der Waals surface area contributed by atoms with Gasteiger partial charge in [0.1, 0.15) is 5.75 Å². The molecule has 2 aromatic carbocycles. The fourth-order valence-corrected chi connectivity index (χ4v) is 3.76. The number of nitrogens with one attached hydrogen (secondary N) is 2. The zero-order valence-corrected chi connectivity index (χ0v) is 16.3. The van der Waals surface area contributed by atoms with Crippen molar-refractivity contribution in [1.82, 2.24) is 4.72 Å². The summed E-state index contributed by atoms with van der Waals surface area (Å²) in [5.41, 5.74) is 1.52. The lowest BCUT2D eigenvalue weighted by Gasteiger charge is -2.16. The molecular formula is C18H21ClN2O4S. The molecule has 1 amide bonds. The topological polar surface area (TPSA) is 84.5 Å². The van der Waals surface area contributed by atoms with Gasteiger partial charge in [-0.25, -0.2) is 8.42 Å².